The third-order valence-electron chi connectivity index (χ3n) is 11.5. The lowest BCUT2D eigenvalue weighted by atomic mass is 9.68. The molecule has 0 heteroatoms. The van der Waals surface area contributed by atoms with E-state index < -0.39 is 0 Å². The van der Waals surface area contributed by atoms with Crippen molar-refractivity contribution in [2.45, 2.75) is 258 Å². The van der Waals surface area contributed by atoms with Crippen molar-refractivity contribution >= 4 is 0 Å². The molecule has 1 rings (SSSR count). The molecule has 262 valence electrons. The molecule has 0 saturated heterocycles. The maximum atomic E-state index is 4.48. The molecule has 0 nitrogen and oxygen atoms in total. The zero-order valence-corrected chi connectivity index (χ0v) is 31.4. The summed E-state index contributed by atoms with van der Waals surface area (Å²) in [6.45, 7) is 11.4. The Bertz CT molecular complexity index is 581. The first-order valence-corrected chi connectivity index (χ1v) is 21.3. The minimum atomic E-state index is 0.747. The third-order valence-corrected chi connectivity index (χ3v) is 11.5. The standard InChI is InChI=1S/C44H86/c1-5-8-11-13-15-17-20-23-28-35-43(41-42(4)34-10-7-3)36-29-24-21-18-16-19-22-26-31-38-44(39-32-27-33-40-44)37-30-25-14-12-9-6-2/h43H,4-41H2,1-3H3. The normalized spacial score (nSPS) is 15.5. The van der Waals surface area contributed by atoms with Gasteiger partial charge in [-0.2, -0.15) is 0 Å². The van der Waals surface area contributed by atoms with Crippen LogP contribution in [0.2, 0.25) is 0 Å². The summed E-state index contributed by atoms with van der Waals surface area (Å²) in [6.07, 6.45) is 54.1. The van der Waals surface area contributed by atoms with Crippen LogP contribution >= 0.6 is 0 Å². The summed E-state index contributed by atoms with van der Waals surface area (Å²) in [7, 11) is 0. The molecule has 1 saturated carbocycles. The molecule has 1 aliphatic rings. The Kier molecular flexibility index (Phi) is 29.8. The van der Waals surface area contributed by atoms with E-state index in [4.69, 9.17) is 0 Å². The fraction of sp³-hybridized carbons (Fsp3) is 0.955. The van der Waals surface area contributed by atoms with Gasteiger partial charge in [0.25, 0.3) is 0 Å². The quantitative estimate of drug-likeness (QED) is 0.0499. The Morgan fingerprint density at radius 1 is 0.455 bits per heavy atom. The van der Waals surface area contributed by atoms with Crippen molar-refractivity contribution < 1.29 is 0 Å². The van der Waals surface area contributed by atoms with Crippen LogP contribution in [0, 0.1) is 11.3 Å². The molecular formula is C44H86. The first-order chi connectivity index (χ1) is 21.7. The third kappa shape index (κ3) is 24.9. The number of hydrogen-bond acceptors (Lipinski definition) is 0. The lowest BCUT2D eigenvalue weighted by Gasteiger charge is -2.38. The molecule has 0 aliphatic heterocycles. The van der Waals surface area contributed by atoms with E-state index in [1.165, 1.54) is 212 Å². The van der Waals surface area contributed by atoms with Crippen molar-refractivity contribution in [1.82, 2.24) is 0 Å². The van der Waals surface area contributed by atoms with Crippen LogP contribution in [0.3, 0.4) is 0 Å². The second-order valence-corrected chi connectivity index (χ2v) is 15.8. The van der Waals surface area contributed by atoms with Crippen LogP contribution in [0.15, 0.2) is 12.2 Å². The van der Waals surface area contributed by atoms with Gasteiger partial charge in [0.15, 0.2) is 0 Å². The molecule has 1 unspecified atom stereocenters. The molecule has 0 heterocycles. The fourth-order valence-electron chi connectivity index (χ4n) is 8.41. The summed E-state index contributed by atoms with van der Waals surface area (Å²) in [4.78, 5) is 0. The van der Waals surface area contributed by atoms with Crippen molar-refractivity contribution in [3.63, 3.8) is 0 Å². The largest absolute Gasteiger partial charge is 0.0999 e. The molecule has 0 spiro atoms. The van der Waals surface area contributed by atoms with Gasteiger partial charge in [-0.25, -0.2) is 0 Å². The molecule has 0 radical (unpaired) electrons. The van der Waals surface area contributed by atoms with Crippen molar-refractivity contribution in [1.29, 1.82) is 0 Å². The van der Waals surface area contributed by atoms with Gasteiger partial charge in [-0.15, -0.1) is 0 Å². The van der Waals surface area contributed by atoms with Gasteiger partial charge < -0.3 is 0 Å². The van der Waals surface area contributed by atoms with Crippen molar-refractivity contribution in [3.8, 4) is 0 Å². The van der Waals surface area contributed by atoms with E-state index in [1.807, 2.05) is 0 Å². The van der Waals surface area contributed by atoms with Crippen molar-refractivity contribution in [2.24, 2.45) is 11.3 Å². The van der Waals surface area contributed by atoms with E-state index in [-0.39, 0.29) is 0 Å². The summed E-state index contributed by atoms with van der Waals surface area (Å²) in [6, 6.07) is 0. The SMILES string of the molecule is C=C(CCCC)CC(CCCCCCCCCCC)CCCCCCCCCCCC1(CCCCCCCC)CCCCC1. The summed E-state index contributed by atoms with van der Waals surface area (Å²) in [5, 5.41) is 0. The van der Waals surface area contributed by atoms with Gasteiger partial charge in [0, 0.05) is 0 Å². The summed E-state index contributed by atoms with van der Waals surface area (Å²) in [5.74, 6) is 0.914. The van der Waals surface area contributed by atoms with Crippen molar-refractivity contribution in [3.05, 3.63) is 12.2 Å². The van der Waals surface area contributed by atoms with E-state index in [0.29, 0.717) is 0 Å². The maximum Gasteiger partial charge on any atom is -0.0294 e. The minimum Gasteiger partial charge on any atom is -0.0999 e. The topological polar surface area (TPSA) is 0 Å². The van der Waals surface area contributed by atoms with E-state index >= 15 is 0 Å². The molecule has 0 amide bonds. The molecule has 1 atom stereocenters. The zero-order valence-electron chi connectivity index (χ0n) is 31.4. The maximum absolute atomic E-state index is 4.48. The van der Waals surface area contributed by atoms with Crippen LogP contribution in [0.1, 0.15) is 258 Å². The Morgan fingerprint density at radius 2 is 0.818 bits per heavy atom. The molecule has 1 fully saturated rings. The molecule has 0 bridgehead atoms. The van der Waals surface area contributed by atoms with Gasteiger partial charge in [0.1, 0.15) is 0 Å². The Morgan fingerprint density at radius 3 is 1.23 bits per heavy atom. The Balaban J connectivity index is 2.12. The highest BCUT2D eigenvalue weighted by Gasteiger charge is 2.30. The predicted octanol–water partition coefficient (Wildman–Crippen LogP) is 16.7. The number of allylic oxidation sites excluding steroid dienone is 1. The van der Waals surface area contributed by atoms with Gasteiger partial charge >= 0.3 is 0 Å². The average molecular weight is 615 g/mol. The minimum absolute atomic E-state index is 0.747. The Hall–Kier alpha value is -0.260. The Labute approximate surface area is 281 Å². The second-order valence-electron chi connectivity index (χ2n) is 15.8. The summed E-state index contributed by atoms with van der Waals surface area (Å²) >= 11 is 0. The van der Waals surface area contributed by atoms with Crippen LogP contribution in [0.4, 0.5) is 0 Å². The fourth-order valence-corrected chi connectivity index (χ4v) is 8.41. The van der Waals surface area contributed by atoms with Gasteiger partial charge in [-0.3, -0.25) is 0 Å². The molecule has 0 aromatic carbocycles. The first kappa shape index (κ1) is 41.8. The highest BCUT2D eigenvalue weighted by Crippen LogP contribution is 2.45. The highest BCUT2D eigenvalue weighted by molar-refractivity contribution is 4.95. The summed E-state index contributed by atoms with van der Waals surface area (Å²) < 4.78 is 0. The van der Waals surface area contributed by atoms with Crippen LogP contribution in [-0.4, -0.2) is 0 Å². The number of unbranched alkanes of at least 4 members (excludes halogenated alkanes) is 22. The second kappa shape index (κ2) is 31.3. The predicted molar refractivity (Wildman–Crippen MR) is 203 cm³/mol. The van der Waals surface area contributed by atoms with E-state index in [9.17, 15) is 0 Å². The number of hydrogen-bond donors (Lipinski definition) is 0. The van der Waals surface area contributed by atoms with Gasteiger partial charge in [-0.05, 0) is 56.3 Å². The van der Waals surface area contributed by atoms with Crippen LogP contribution in [0.25, 0.3) is 0 Å². The van der Waals surface area contributed by atoms with Crippen LogP contribution in [0.5, 0.6) is 0 Å². The molecular weight excluding hydrogens is 528 g/mol. The zero-order chi connectivity index (χ0) is 31.8. The number of rotatable bonds is 34. The van der Waals surface area contributed by atoms with E-state index in [2.05, 4.69) is 27.4 Å². The first-order valence-electron chi connectivity index (χ1n) is 21.3. The molecule has 0 aromatic rings. The summed E-state index contributed by atoms with van der Waals surface area (Å²) in [5.41, 5.74) is 2.29. The van der Waals surface area contributed by atoms with E-state index in [0.717, 1.165) is 11.3 Å². The molecule has 1 aliphatic carbocycles. The lowest BCUT2D eigenvalue weighted by Crippen LogP contribution is -2.24. The molecule has 0 N–H and O–H groups in total. The smallest absolute Gasteiger partial charge is 0.0294 e. The molecule has 0 aromatic heterocycles. The van der Waals surface area contributed by atoms with E-state index in [1.54, 1.807) is 31.3 Å². The average Bonchev–Trinajstić information content (AvgIpc) is 3.03. The van der Waals surface area contributed by atoms with Crippen LogP contribution < -0.4 is 0 Å². The monoisotopic (exact) mass is 615 g/mol. The van der Waals surface area contributed by atoms with Gasteiger partial charge in [0.2, 0.25) is 0 Å². The van der Waals surface area contributed by atoms with Gasteiger partial charge in [-0.1, -0.05) is 226 Å². The van der Waals surface area contributed by atoms with Crippen molar-refractivity contribution in [2.75, 3.05) is 0 Å². The lowest BCUT2D eigenvalue weighted by molar-refractivity contribution is 0.146. The van der Waals surface area contributed by atoms with Gasteiger partial charge in [0.05, 0.1) is 0 Å². The molecule has 44 heavy (non-hydrogen) atoms. The highest BCUT2D eigenvalue weighted by atomic mass is 14.4. The van der Waals surface area contributed by atoms with Crippen LogP contribution in [-0.2, 0) is 0 Å².